The number of aliphatic carboxylic acids is 3. The molecule has 2 heterocycles. The van der Waals surface area contributed by atoms with E-state index in [0.29, 0.717) is 18.1 Å². The Bertz CT molecular complexity index is 1830. The summed E-state index contributed by atoms with van der Waals surface area (Å²) in [5.41, 5.74) is 9.15. The van der Waals surface area contributed by atoms with Crippen LogP contribution in [0, 0.1) is 0 Å². The fraction of sp³-hybridized carbons (Fsp3) is 0.300. The van der Waals surface area contributed by atoms with Crippen molar-refractivity contribution in [2.45, 2.75) is 25.1 Å². The number of carbonyl (C=O) groups is 4. The minimum atomic E-state index is -5.08. The molecule has 1 amide bonds. The van der Waals surface area contributed by atoms with Crippen LogP contribution in [0.2, 0.25) is 0 Å². The molecule has 4 rings (SSSR count). The number of benzene rings is 2. The first-order valence-electron chi connectivity index (χ1n) is 14.2. The summed E-state index contributed by atoms with van der Waals surface area (Å²) in [6.07, 6.45) is -13.6. The van der Waals surface area contributed by atoms with Gasteiger partial charge in [-0.1, -0.05) is 18.2 Å². The molecule has 0 spiro atoms. The third-order valence-electron chi connectivity index (χ3n) is 5.88. The molecular formula is C30H29F9N6O8S. The molecule has 24 heteroatoms. The highest BCUT2D eigenvalue weighted by Crippen LogP contribution is 2.29. The molecule has 0 unspecified atom stereocenters. The Morgan fingerprint density at radius 1 is 0.796 bits per heavy atom. The second-order valence-corrected chi connectivity index (χ2v) is 11.3. The number of amides is 1. The number of rotatable bonds is 8. The number of thiazole rings is 1. The van der Waals surface area contributed by atoms with E-state index in [2.05, 4.69) is 19.9 Å². The van der Waals surface area contributed by atoms with Crippen molar-refractivity contribution in [3.63, 3.8) is 0 Å². The van der Waals surface area contributed by atoms with Crippen LogP contribution in [-0.2, 0) is 20.9 Å². The van der Waals surface area contributed by atoms with Crippen molar-refractivity contribution in [3.8, 4) is 17.0 Å². The van der Waals surface area contributed by atoms with Crippen LogP contribution in [0.15, 0.2) is 54.7 Å². The van der Waals surface area contributed by atoms with E-state index >= 15 is 0 Å². The second-order valence-electron chi connectivity index (χ2n) is 10.3. The lowest BCUT2D eigenvalue weighted by Crippen LogP contribution is -2.36. The van der Waals surface area contributed by atoms with E-state index in [1.165, 1.54) is 11.3 Å². The third kappa shape index (κ3) is 16.3. The standard InChI is InChI=1S/C24H26N6O2S.3C2HF3O2/c1-29(2)11-12-30(15-16-5-4-6-18(13-16)32-3)23(31)22-27-20-8-7-17(14-21(20)33-22)19-9-10-26-24(25)28-19;3*3-2(4,5)1(6)7/h4-10,13-14H,11-12,15H2,1-3H3,(H2,25,26,28);3*(H,6,7). The first-order valence-corrected chi connectivity index (χ1v) is 15.0. The summed E-state index contributed by atoms with van der Waals surface area (Å²) < 4.78 is 101. The van der Waals surface area contributed by atoms with E-state index in [4.69, 9.17) is 40.2 Å². The van der Waals surface area contributed by atoms with Gasteiger partial charge in [-0.25, -0.2) is 29.3 Å². The van der Waals surface area contributed by atoms with Gasteiger partial charge in [0.15, 0.2) is 5.01 Å². The number of anilines is 1. The normalized spacial score (nSPS) is 11.2. The highest BCUT2D eigenvalue weighted by Gasteiger charge is 2.39. The maximum absolute atomic E-state index is 13.5. The zero-order valence-corrected chi connectivity index (χ0v) is 28.6. The highest BCUT2D eigenvalue weighted by atomic mass is 32.1. The van der Waals surface area contributed by atoms with Gasteiger partial charge in [-0.3, -0.25) is 4.79 Å². The molecule has 54 heavy (non-hydrogen) atoms. The van der Waals surface area contributed by atoms with Crippen molar-refractivity contribution in [2.24, 2.45) is 0 Å². The van der Waals surface area contributed by atoms with Gasteiger partial charge < -0.3 is 35.6 Å². The van der Waals surface area contributed by atoms with Crippen LogP contribution in [0.25, 0.3) is 21.5 Å². The Labute approximate surface area is 302 Å². The highest BCUT2D eigenvalue weighted by molar-refractivity contribution is 7.20. The summed E-state index contributed by atoms with van der Waals surface area (Å²) in [6, 6.07) is 15.4. The zero-order valence-electron chi connectivity index (χ0n) is 27.8. The number of nitrogens with two attached hydrogens (primary N) is 1. The Morgan fingerprint density at radius 3 is 1.80 bits per heavy atom. The topological polar surface area (TPSA) is 209 Å². The Morgan fingerprint density at radius 2 is 1.33 bits per heavy atom. The van der Waals surface area contributed by atoms with E-state index in [0.717, 1.165) is 39.3 Å². The Kier molecular flexibility index (Phi) is 17.0. The van der Waals surface area contributed by atoms with E-state index < -0.39 is 36.4 Å². The predicted molar refractivity (Wildman–Crippen MR) is 172 cm³/mol. The number of halogens is 9. The monoisotopic (exact) mass is 804 g/mol. The fourth-order valence-corrected chi connectivity index (χ4v) is 4.38. The fourth-order valence-electron chi connectivity index (χ4n) is 3.41. The first kappa shape index (κ1) is 46.2. The molecule has 296 valence electrons. The summed E-state index contributed by atoms with van der Waals surface area (Å²) in [5, 5.41) is 21.8. The molecule has 0 aliphatic carbocycles. The summed E-state index contributed by atoms with van der Waals surface area (Å²) in [6.45, 7) is 1.82. The molecule has 2 aromatic carbocycles. The van der Waals surface area contributed by atoms with E-state index in [1.54, 1.807) is 13.3 Å². The zero-order chi connectivity index (χ0) is 41.6. The molecule has 0 aliphatic heterocycles. The first-order chi connectivity index (χ1) is 24.8. The SMILES string of the molecule is COc1cccc(CN(CCN(C)C)C(=O)c2nc3ccc(-c4ccnc(N)n4)cc3s2)c1.O=C(O)C(F)(F)F.O=C(O)C(F)(F)F.O=C(O)C(F)(F)F. The van der Waals surface area contributed by atoms with Crippen molar-refractivity contribution in [3.05, 3.63) is 65.3 Å². The molecule has 0 atom stereocenters. The number of aromatic nitrogens is 3. The van der Waals surface area contributed by atoms with Gasteiger partial charge in [0.25, 0.3) is 5.91 Å². The second kappa shape index (κ2) is 19.9. The van der Waals surface area contributed by atoms with Gasteiger partial charge in [0, 0.05) is 31.4 Å². The number of nitrogen functional groups attached to an aromatic ring is 1. The van der Waals surface area contributed by atoms with Gasteiger partial charge in [0.1, 0.15) is 5.75 Å². The summed E-state index contributed by atoms with van der Waals surface area (Å²) in [4.78, 5) is 56.9. The summed E-state index contributed by atoms with van der Waals surface area (Å²) >= 11 is 1.38. The number of hydrogen-bond acceptors (Lipinski definition) is 11. The smallest absolute Gasteiger partial charge is 0.490 e. The maximum Gasteiger partial charge on any atom is 0.490 e. The van der Waals surface area contributed by atoms with E-state index in [1.807, 2.05) is 67.5 Å². The number of ether oxygens (including phenoxy) is 1. The minimum absolute atomic E-state index is 0.0892. The lowest BCUT2D eigenvalue weighted by atomic mass is 10.1. The minimum Gasteiger partial charge on any atom is -0.497 e. The number of fused-ring (bicyclic) bond motifs is 1. The summed E-state index contributed by atoms with van der Waals surface area (Å²) in [7, 11) is 5.62. The molecule has 0 radical (unpaired) electrons. The van der Waals surface area contributed by atoms with Gasteiger partial charge in [-0.05, 0) is 50.0 Å². The number of carboxylic acids is 3. The quantitative estimate of drug-likeness (QED) is 0.164. The molecule has 5 N–H and O–H groups in total. The van der Waals surface area contributed by atoms with Crippen molar-refractivity contribution in [1.82, 2.24) is 24.8 Å². The van der Waals surface area contributed by atoms with Gasteiger partial charge in [-0.15, -0.1) is 11.3 Å². The van der Waals surface area contributed by atoms with Gasteiger partial charge in [0.2, 0.25) is 5.95 Å². The van der Waals surface area contributed by atoms with Crippen molar-refractivity contribution in [1.29, 1.82) is 0 Å². The molecule has 14 nitrogen and oxygen atoms in total. The van der Waals surface area contributed by atoms with Crippen molar-refractivity contribution >= 4 is 51.3 Å². The molecule has 0 aliphatic rings. The average molecular weight is 805 g/mol. The number of nitrogens with zero attached hydrogens (tertiary/aromatic N) is 5. The molecule has 0 fully saturated rings. The van der Waals surface area contributed by atoms with E-state index in [-0.39, 0.29) is 11.9 Å². The average Bonchev–Trinajstić information content (AvgIpc) is 3.49. The van der Waals surface area contributed by atoms with Crippen LogP contribution in [-0.4, -0.2) is 117 Å². The lowest BCUT2D eigenvalue weighted by Gasteiger charge is -2.24. The Hall–Kier alpha value is -5.78. The van der Waals surface area contributed by atoms with Gasteiger partial charge in [0.05, 0.1) is 23.0 Å². The molecular weight excluding hydrogens is 775 g/mol. The molecule has 2 aromatic heterocycles. The van der Waals surface area contributed by atoms with Gasteiger partial charge in [-0.2, -0.15) is 39.5 Å². The number of methoxy groups -OCH3 is 1. The Balaban J connectivity index is 0.000000566. The van der Waals surface area contributed by atoms with Crippen LogP contribution in [0.5, 0.6) is 5.75 Å². The van der Waals surface area contributed by atoms with Crippen LogP contribution >= 0.6 is 11.3 Å². The number of alkyl halides is 9. The number of likely N-dealkylation sites (N-methyl/N-ethyl adjacent to an activating group) is 1. The van der Waals surface area contributed by atoms with Crippen LogP contribution in [0.1, 0.15) is 15.4 Å². The third-order valence-corrected chi connectivity index (χ3v) is 6.89. The lowest BCUT2D eigenvalue weighted by molar-refractivity contribution is -0.193. The summed E-state index contributed by atoms with van der Waals surface area (Å²) in [5.74, 6) is -7.37. The van der Waals surface area contributed by atoms with Crippen molar-refractivity contribution < 1.29 is 78.7 Å². The van der Waals surface area contributed by atoms with Crippen LogP contribution in [0.3, 0.4) is 0 Å². The number of hydrogen-bond donors (Lipinski definition) is 4. The molecule has 0 saturated heterocycles. The number of carbonyl (C=O) groups excluding carboxylic acids is 1. The van der Waals surface area contributed by atoms with Crippen LogP contribution in [0.4, 0.5) is 45.5 Å². The molecule has 4 aromatic rings. The largest absolute Gasteiger partial charge is 0.497 e. The maximum atomic E-state index is 13.5. The van der Waals surface area contributed by atoms with Crippen molar-refractivity contribution in [2.75, 3.05) is 40.0 Å². The van der Waals surface area contributed by atoms with Crippen LogP contribution < -0.4 is 10.5 Å². The van der Waals surface area contributed by atoms with Gasteiger partial charge >= 0.3 is 36.4 Å². The predicted octanol–water partition coefficient (Wildman–Crippen LogP) is 5.45. The molecule has 0 bridgehead atoms. The molecule has 0 saturated carbocycles. The van der Waals surface area contributed by atoms with E-state index in [9.17, 15) is 44.3 Å². The number of carboxylic acid groups (broad SMARTS) is 3.